The SMILES string of the molecule is C[C@@H]1C[C@@H](C)CN(C(=O)[C@H]2[C@@H](C(=O)O)[C@H]3C=C[C@@H]2C3)C1. The molecular weight excluding hydrogens is 254 g/mol. The van der Waals surface area contributed by atoms with Gasteiger partial charge in [-0.05, 0) is 36.5 Å². The number of carbonyl (C=O) groups excluding carboxylic acids is 1. The van der Waals surface area contributed by atoms with E-state index in [4.69, 9.17) is 0 Å². The molecule has 0 aromatic carbocycles. The Bertz CT molecular complexity index is 449. The number of hydrogen-bond acceptors (Lipinski definition) is 2. The number of carboxylic acids is 1. The molecule has 1 saturated carbocycles. The summed E-state index contributed by atoms with van der Waals surface area (Å²) in [4.78, 5) is 26.3. The van der Waals surface area contributed by atoms with Crippen LogP contribution in [-0.4, -0.2) is 35.0 Å². The molecule has 1 heterocycles. The Kier molecular flexibility index (Phi) is 3.35. The number of rotatable bonds is 2. The van der Waals surface area contributed by atoms with Crippen molar-refractivity contribution in [2.45, 2.75) is 26.7 Å². The first kappa shape index (κ1) is 13.7. The van der Waals surface area contributed by atoms with E-state index in [-0.39, 0.29) is 23.7 Å². The molecule has 0 aromatic rings. The number of likely N-dealkylation sites (tertiary alicyclic amines) is 1. The highest BCUT2D eigenvalue weighted by Gasteiger charge is 2.52. The lowest BCUT2D eigenvalue weighted by Crippen LogP contribution is -2.48. The number of fused-ring (bicyclic) bond motifs is 2. The summed E-state index contributed by atoms with van der Waals surface area (Å²) in [6, 6.07) is 0. The van der Waals surface area contributed by atoms with Crippen molar-refractivity contribution in [2.75, 3.05) is 13.1 Å². The van der Waals surface area contributed by atoms with Crippen LogP contribution in [0.25, 0.3) is 0 Å². The van der Waals surface area contributed by atoms with Crippen molar-refractivity contribution < 1.29 is 14.7 Å². The summed E-state index contributed by atoms with van der Waals surface area (Å²) < 4.78 is 0. The topological polar surface area (TPSA) is 57.6 Å². The third-order valence-corrected chi connectivity index (χ3v) is 5.21. The summed E-state index contributed by atoms with van der Waals surface area (Å²) in [7, 11) is 0. The van der Waals surface area contributed by atoms with E-state index in [2.05, 4.69) is 19.9 Å². The van der Waals surface area contributed by atoms with Crippen LogP contribution >= 0.6 is 0 Å². The summed E-state index contributed by atoms with van der Waals surface area (Å²) in [5.41, 5.74) is 0. The van der Waals surface area contributed by atoms with E-state index in [1.807, 2.05) is 11.0 Å². The average molecular weight is 277 g/mol. The molecule has 0 radical (unpaired) electrons. The van der Waals surface area contributed by atoms with Gasteiger partial charge in [-0.1, -0.05) is 26.0 Å². The molecule has 2 bridgehead atoms. The van der Waals surface area contributed by atoms with Crippen LogP contribution in [0.2, 0.25) is 0 Å². The number of nitrogens with zero attached hydrogens (tertiary/aromatic N) is 1. The zero-order valence-corrected chi connectivity index (χ0v) is 12.2. The van der Waals surface area contributed by atoms with Crippen LogP contribution in [0.15, 0.2) is 12.2 Å². The molecule has 3 rings (SSSR count). The number of carbonyl (C=O) groups is 2. The standard InChI is InChI=1S/C16H23NO3/c1-9-5-10(2)8-17(7-9)15(18)13-11-3-4-12(6-11)14(13)16(19)20/h3-4,9-14H,5-8H2,1-2H3,(H,19,20)/t9-,10-,11-,12+,13-,14+/m1/s1. The van der Waals surface area contributed by atoms with Gasteiger partial charge in [-0.3, -0.25) is 9.59 Å². The van der Waals surface area contributed by atoms with E-state index in [0.29, 0.717) is 11.8 Å². The highest BCUT2D eigenvalue weighted by molar-refractivity contribution is 5.87. The molecule has 0 spiro atoms. The van der Waals surface area contributed by atoms with Crippen molar-refractivity contribution in [3.8, 4) is 0 Å². The first-order valence-electron chi connectivity index (χ1n) is 7.67. The summed E-state index contributed by atoms with van der Waals surface area (Å²) >= 11 is 0. The van der Waals surface area contributed by atoms with E-state index in [1.165, 1.54) is 0 Å². The van der Waals surface area contributed by atoms with Crippen molar-refractivity contribution >= 4 is 11.9 Å². The number of carboxylic acid groups (broad SMARTS) is 1. The fourth-order valence-electron chi connectivity index (χ4n) is 4.55. The minimum absolute atomic E-state index is 0.0612. The predicted molar refractivity (Wildman–Crippen MR) is 74.9 cm³/mol. The molecular formula is C16H23NO3. The number of piperidine rings is 1. The molecule has 0 aromatic heterocycles. The van der Waals surface area contributed by atoms with Crippen LogP contribution in [0.4, 0.5) is 0 Å². The van der Waals surface area contributed by atoms with Crippen molar-refractivity contribution in [1.29, 1.82) is 0 Å². The smallest absolute Gasteiger partial charge is 0.307 e. The average Bonchev–Trinajstić information content (AvgIpc) is 2.96. The molecule has 4 nitrogen and oxygen atoms in total. The number of aliphatic carboxylic acids is 1. The van der Waals surface area contributed by atoms with Crippen LogP contribution in [0, 0.1) is 35.5 Å². The third kappa shape index (κ3) is 2.15. The summed E-state index contributed by atoms with van der Waals surface area (Å²) in [5.74, 6) is -0.344. The normalized spacial score (nSPS) is 43.0. The summed E-state index contributed by atoms with van der Waals surface area (Å²) in [6.45, 7) is 5.91. The largest absolute Gasteiger partial charge is 0.481 e. The van der Waals surface area contributed by atoms with Gasteiger partial charge in [0.1, 0.15) is 0 Å². The second-order valence-corrected chi connectivity index (χ2v) is 7.03. The summed E-state index contributed by atoms with van der Waals surface area (Å²) in [5, 5.41) is 9.45. The van der Waals surface area contributed by atoms with Crippen LogP contribution < -0.4 is 0 Å². The van der Waals surface area contributed by atoms with Gasteiger partial charge in [0.05, 0.1) is 11.8 Å². The molecule has 1 aliphatic heterocycles. The van der Waals surface area contributed by atoms with Crippen LogP contribution in [0.5, 0.6) is 0 Å². The molecule has 1 N–H and O–H groups in total. The Hall–Kier alpha value is -1.32. The third-order valence-electron chi connectivity index (χ3n) is 5.21. The van der Waals surface area contributed by atoms with Crippen LogP contribution in [0.3, 0.4) is 0 Å². The number of hydrogen-bond donors (Lipinski definition) is 1. The zero-order chi connectivity index (χ0) is 14.4. The second kappa shape index (κ2) is 4.90. The summed E-state index contributed by atoms with van der Waals surface area (Å²) in [6.07, 6.45) is 6.05. The molecule has 2 fully saturated rings. The van der Waals surface area contributed by atoms with E-state index < -0.39 is 11.9 Å². The van der Waals surface area contributed by atoms with E-state index >= 15 is 0 Å². The lowest BCUT2D eigenvalue weighted by molar-refractivity contribution is -0.152. The molecule has 1 amide bonds. The first-order valence-corrected chi connectivity index (χ1v) is 7.67. The van der Waals surface area contributed by atoms with Gasteiger partial charge in [0.15, 0.2) is 0 Å². The minimum Gasteiger partial charge on any atom is -0.481 e. The molecule has 2 aliphatic carbocycles. The molecule has 20 heavy (non-hydrogen) atoms. The fourth-order valence-corrected chi connectivity index (χ4v) is 4.55. The van der Waals surface area contributed by atoms with Crippen molar-refractivity contribution in [3.63, 3.8) is 0 Å². The maximum absolute atomic E-state index is 12.8. The van der Waals surface area contributed by atoms with Gasteiger partial charge < -0.3 is 10.0 Å². The Morgan fingerprint density at radius 1 is 1.00 bits per heavy atom. The van der Waals surface area contributed by atoms with Gasteiger partial charge in [-0.15, -0.1) is 0 Å². The Morgan fingerprint density at radius 3 is 2.10 bits per heavy atom. The number of allylic oxidation sites excluding steroid dienone is 2. The lowest BCUT2D eigenvalue weighted by Gasteiger charge is -2.38. The quantitative estimate of drug-likeness (QED) is 0.786. The maximum atomic E-state index is 12.8. The van der Waals surface area contributed by atoms with Crippen molar-refractivity contribution in [1.82, 2.24) is 4.90 Å². The lowest BCUT2D eigenvalue weighted by atomic mass is 9.81. The van der Waals surface area contributed by atoms with Gasteiger partial charge in [-0.2, -0.15) is 0 Å². The molecule has 110 valence electrons. The Balaban J connectivity index is 1.79. The van der Waals surface area contributed by atoms with Crippen molar-refractivity contribution in [2.24, 2.45) is 35.5 Å². The van der Waals surface area contributed by atoms with Gasteiger partial charge >= 0.3 is 5.97 Å². The first-order chi connectivity index (χ1) is 9.47. The van der Waals surface area contributed by atoms with Crippen LogP contribution in [0.1, 0.15) is 26.7 Å². The Labute approximate surface area is 119 Å². The molecule has 6 atom stereocenters. The second-order valence-electron chi connectivity index (χ2n) is 7.03. The fraction of sp³-hybridized carbons (Fsp3) is 0.750. The van der Waals surface area contributed by atoms with Crippen LogP contribution in [-0.2, 0) is 9.59 Å². The predicted octanol–water partition coefficient (Wildman–Crippen LogP) is 2.01. The monoisotopic (exact) mass is 277 g/mol. The van der Waals surface area contributed by atoms with E-state index in [9.17, 15) is 14.7 Å². The van der Waals surface area contributed by atoms with Gasteiger partial charge in [0.2, 0.25) is 5.91 Å². The minimum atomic E-state index is -0.807. The Morgan fingerprint density at radius 2 is 1.55 bits per heavy atom. The highest BCUT2D eigenvalue weighted by Crippen LogP contribution is 2.49. The van der Waals surface area contributed by atoms with Gasteiger partial charge in [0.25, 0.3) is 0 Å². The van der Waals surface area contributed by atoms with Crippen molar-refractivity contribution in [3.05, 3.63) is 12.2 Å². The molecule has 1 saturated heterocycles. The molecule has 0 unspecified atom stereocenters. The molecule has 4 heteroatoms. The molecule has 3 aliphatic rings. The van der Waals surface area contributed by atoms with Gasteiger partial charge in [0, 0.05) is 13.1 Å². The number of amides is 1. The van der Waals surface area contributed by atoms with Gasteiger partial charge in [-0.25, -0.2) is 0 Å². The zero-order valence-electron chi connectivity index (χ0n) is 12.2. The maximum Gasteiger partial charge on any atom is 0.307 e. The highest BCUT2D eigenvalue weighted by atomic mass is 16.4. The van der Waals surface area contributed by atoms with E-state index in [0.717, 1.165) is 25.9 Å². The van der Waals surface area contributed by atoms with E-state index in [1.54, 1.807) is 0 Å².